The Morgan fingerprint density at radius 2 is 0.957 bits per heavy atom. The summed E-state index contributed by atoms with van der Waals surface area (Å²) in [5.74, 6) is 3.36. The van der Waals surface area contributed by atoms with Gasteiger partial charge in [-0.15, -0.1) is 0 Å². The van der Waals surface area contributed by atoms with E-state index in [1.165, 1.54) is 0 Å². The van der Waals surface area contributed by atoms with Crippen LogP contribution >= 0.6 is 9.47 Å². The van der Waals surface area contributed by atoms with Gasteiger partial charge in [0.25, 0.3) is 0 Å². The molecule has 1 unspecified atom stereocenters. The van der Waals surface area contributed by atoms with Crippen molar-refractivity contribution in [2.75, 3.05) is 0 Å². The van der Waals surface area contributed by atoms with Crippen molar-refractivity contribution in [1.29, 1.82) is 0 Å². The molecular weight excluding hydrogens is 307 g/mol. The summed E-state index contributed by atoms with van der Waals surface area (Å²) in [7, 11) is 2.23. The highest BCUT2D eigenvalue weighted by Gasteiger charge is 2.10. The fraction of sp³-hybridized carbons (Fsp3) is 0.0526. The standard InChI is InChI=1S/C19H17O3P/c1-14-8-2-3-9-15(14)20-16-10-4-5-11-17(16)21-18-12-6-7-13-19(18)22-23/h2-13H,23H2,1H3. The van der Waals surface area contributed by atoms with Gasteiger partial charge in [0.05, 0.1) is 9.47 Å². The van der Waals surface area contributed by atoms with E-state index >= 15 is 0 Å². The fourth-order valence-electron chi connectivity index (χ4n) is 2.16. The van der Waals surface area contributed by atoms with Gasteiger partial charge in [-0.2, -0.15) is 0 Å². The normalized spacial score (nSPS) is 10.2. The molecule has 0 radical (unpaired) electrons. The minimum atomic E-state index is 0.628. The second kappa shape index (κ2) is 7.17. The molecule has 0 saturated heterocycles. The van der Waals surface area contributed by atoms with E-state index in [-0.39, 0.29) is 0 Å². The summed E-state index contributed by atoms with van der Waals surface area (Å²) in [5.41, 5.74) is 1.07. The molecule has 0 aromatic heterocycles. The molecule has 0 heterocycles. The van der Waals surface area contributed by atoms with E-state index in [0.717, 1.165) is 11.3 Å². The molecule has 0 amide bonds. The third-order valence-corrected chi connectivity index (χ3v) is 3.61. The highest BCUT2D eigenvalue weighted by molar-refractivity contribution is 7.10. The van der Waals surface area contributed by atoms with Gasteiger partial charge in [-0.1, -0.05) is 42.5 Å². The summed E-state index contributed by atoms with van der Waals surface area (Å²) < 4.78 is 17.2. The van der Waals surface area contributed by atoms with Crippen LogP contribution in [0.3, 0.4) is 0 Å². The summed E-state index contributed by atoms with van der Waals surface area (Å²) in [6.45, 7) is 2.01. The molecule has 0 aliphatic rings. The molecule has 3 aromatic carbocycles. The number of hydrogen-bond acceptors (Lipinski definition) is 3. The van der Waals surface area contributed by atoms with Crippen molar-refractivity contribution in [3.05, 3.63) is 78.4 Å². The number of rotatable bonds is 5. The predicted octanol–water partition coefficient (Wildman–Crippen LogP) is 5.75. The topological polar surface area (TPSA) is 27.7 Å². The Morgan fingerprint density at radius 3 is 1.48 bits per heavy atom. The van der Waals surface area contributed by atoms with Gasteiger partial charge in [0.2, 0.25) is 0 Å². The summed E-state index contributed by atoms with van der Waals surface area (Å²) in [5, 5.41) is 0. The second-order valence-corrected chi connectivity index (χ2v) is 5.22. The molecule has 0 aliphatic carbocycles. The quantitative estimate of drug-likeness (QED) is 0.559. The molecule has 0 fully saturated rings. The van der Waals surface area contributed by atoms with Crippen LogP contribution in [0.4, 0.5) is 0 Å². The Bertz CT molecular complexity index is 802. The number of para-hydroxylation sites is 5. The molecule has 23 heavy (non-hydrogen) atoms. The van der Waals surface area contributed by atoms with Gasteiger partial charge in [-0.3, -0.25) is 0 Å². The molecule has 116 valence electrons. The van der Waals surface area contributed by atoms with E-state index in [0.29, 0.717) is 23.0 Å². The van der Waals surface area contributed by atoms with Crippen molar-refractivity contribution in [3.8, 4) is 28.7 Å². The lowest BCUT2D eigenvalue weighted by Gasteiger charge is -2.14. The van der Waals surface area contributed by atoms with Crippen molar-refractivity contribution >= 4 is 9.47 Å². The van der Waals surface area contributed by atoms with Gasteiger partial charge in [-0.05, 0) is 42.8 Å². The minimum Gasteiger partial charge on any atom is -0.476 e. The van der Waals surface area contributed by atoms with Gasteiger partial charge in [0.1, 0.15) is 5.75 Å². The molecule has 0 bridgehead atoms. The zero-order chi connectivity index (χ0) is 16.1. The molecular formula is C19H17O3P. The van der Waals surface area contributed by atoms with E-state index in [9.17, 15) is 0 Å². The van der Waals surface area contributed by atoms with Crippen molar-refractivity contribution in [1.82, 2.24) is 0 Å². The molecule has 0 aliphatic heterocycles. The Hall–Kier alpha value is -2.51. The lowest BCUT2D eigenvalue weighted by molar-refractivity contribution is 0.409. The first kappa shape index (κ1) is 15.4. The maximum absolute atomic E-state index is 6.01. The fourth-order valence-corrected chi connectivity index (χ4v) is 2.35. The van der Waals surface area contributed by atoms with Crippen LogP contribution in [0.15, 0.2) is 72.8 Å². The summed E-state index contributed by atoms with van der Waals surface area (Å²) in [6.07, 6.45) is 0. The highest BCUT2D eigenvalue weighted by Crippen LogP contribution is 2.38. The number of benzene rings is 3. The minimum absolute atomic E-state index is 0.628. The molecule has 4 heteroatoms. The molecule has 3 nitrogen and oxygen atoms in total. The lowest BCUT2D eigenvalue weighted by Crippen LogP contribution is -1.92. The van der Waals surface area contributed by atoms with Crippen molar-refractivity contribution in [2.45, 2.75) is 6.92 Å². The highest BCUT2D eigenvalue weighted by atomic mass is 31.0. The smallest absolute Gasteiger partial charge is 0.170 e. The zero-order valence-electron chi connectivity index (χ0n) is 12.7. The maximum Gasteiger partial charge on any atom is 0.170 e. The van der Waals surface area contributed by atoms with Gasteiger partial charge in [0, 0.05) is 0 Å². The van der Waals surface area contributed by atoms with E-state index in [2.05, 4.69) is 9.47 Å². The van der Waals surface area contributed by atoms with E-state index in [4.69, 9.17) is 14.0 Å². The van der Waals surface area contributed by atoms with Crippen molar-refractivity contribution in [3.63, 3.8) is 0 Å². The van der Waals surface area contributed by atoms with E-state index in [1.54, 1.807) is 0 Å². The summed E-state index contributed by atoms with van der Waals surface area (Å²) >= 11 is 0. The van der Waals surface area contributed by atoms with Gasteiger partial charge in [0.15, 0.2) is 23.0 Å². The monoisotopic (exact) mass is 324 g/mol. The number of ether oxygens (including phenoxy) is 2. The van der Waals surface area contributed by atoms with Gasteiger partial charge < -0.3 is 14.0 Å². The van der Waals surface area contributed by atoms with Crippen molar-refractivity contribution in [2.24, 2.45) is 0 Å². The second-order valence-electron chi connectivity index (χ2n) is 4.98. The van der Waals surface area contributed by atoms with Crippen LogP contribution in [0.5, 0.6) is 28.7 Å². The first-order valence-corrected chi connectivity index (χ1v) is 7.71. The van der Waals surface area contributed by atoms with Crippen LogP contribution in [0.2, 0.25) is 0 Å². The Labute approximate surface area is 138 Å². The maximum atomic E-state index is 6.01. The predicted molar refractivity (Wildman–Crippen MR) is 94.5 cm³/mol. The van der Waals surface area contributed by atoms with Crippen LogP contribution < -0.4 is 14.0 Å². The Morgan fingerprint density at radius 1 is 0.565 bits per heavy atom. The summed E-state index contributed by atoms with van der Waals surface area (Å²) in [4.78, 5) is 0. The van der Waals surface area contributed by atoms with Gasteiger partial charge >= 0.3 is 0 Å². The van der Waals surface area contributed by atoms with Crippen LogP contribution in [-0.4, -0.2) is 0 Å². The van der Waals surface area contributed by atoms with E-state index in [1.807, 2.05) is 79.7 Å². The van der Waals surface area contributed by atoms with Crippen molar-refractivity contribution < 1.29 is 14.0 Å². The molecule has 0 spiro atoms. The molecule has 3 rings (SSSR count). The van der Waals surface area contributed by atoms with Gasteiger partial charge in [-0.25, -0.2) is 0 Å². The largest absolute Gasteiger partial charge is 0.476 e. The molecule has 0 saturated carbocycles. The van der Waals surface area contributed by atoms with Crippen LogP contribution in [0.1, 0.15) is 5.56 Å². The van der Waals surface area contributed by atoms with E-state index < -0.39 is 0 Å². The number of hydrogen-bond donors (Lipinski definition) is 0. The third kappa shape index (κ3) is 3.64. The molecule has 1 atom stereocenters. The first-order chi connectivity index (χ1) is 11.3. The van der Waals surface area contributed by atoms with Crippen LogP contribution in [-0.2, 0) is 0 Å². The molecule has 0 N–H and O–H groups in total. The third-order valence-electron chi connectivity index (χ3n) is 3.36. The Balaban J connectivity index is 1.91. The SMILES string of the molecule is Cc1ccccc1Oc1ccccc1Oc1ccccc1OP. The zero-order valence-corrected chi connectivity index (χ0v) is 13.9. The van der Waals surface area contributed by atoms with Crippen LogP contribution in [0.25, 0.3) is 0 Å². The Kier molecular flexibility index (Phi) is 4.80. The average molecular weight is 324 g/mol. The lowest BCUT2D eigenvalue weighted by atomic mass is 10.2. The number of aryl methyl sites for hydroxylation is 1. The molecule has 3 aromatic rings. The summed E-state index contributed by atoms with van der Waals surface area (Å²) in [6, 6.07) is 22.9. The van der Waals surface area contributed by atoms with Crippen LogP contribution in [0, 0.1) is 6.92 Å². The first-order valence-electron chi connectivity index (χ1n) is 7.24. The average Bonchev–Trinajstić information content (AvgIpc) is 2.59.